The maximum atomic E-state index is 2.69. The van der Waals surface area contributed by atoms with E-state index in [2.05, 4.69) is 44.5 Å². The van der Waals surface area contributed by atoms with Gasteiger partial charge in [0.2, 0.25) is 0 Å². The molecule has 0 radical (unpaired) electrons. The van der Waals surface area contributed by atoms with Gasteiger partial charge in [-0.25, -0.2) is 0 Å². The van der Waals surface area contributed by atoms with Gasteiger partial charge in [-0.3, -0.25) is 9.80 Å². The Morgan fingerprint density at radius 3 is 2.36 bits per heavy atom. The predicted molar refractivity (Wildman–Crippen MR) is 60.5 cm³/mol. The topological polar surface area (TPSA) is 6.48 Å². The summed E-state index contributed by atoms with van der Waals surface area (Å²) < 4.78 is 0. The maximum Gasteiger partial charge on any atom is 0.0250 e. The van der Waals surface area contributed by atoms with E-state index in [1.165, 1.54) is 19.4 Å². The van der Waals surface area contributed by atoms with Crippen molar-refractivity contribution in [2.24, 2.45) is 0 Å². The van der Waals surface area contributed by atoms with Crippen LogP contribution in [0.5, 0.6) is 0 Å². The quantitative estimate of drug-likeness (QED) is 0.584. The second kappa shape index (κ2) is 3.21. The summed E-state index contributed by atoms with van der Waals surface area (Å²) in [4.78, 5) is 5.29. The predicted octanol–water partition coefficient (Wildman–Crippen LogP) is 1.95. The minimum atomic E-state index is 0.335. The lowest BCUT2D eigenvalue weighted by atomic mass is 9.97. The molecule has 0 aromatic heterocycles. The molecule has 0 aromatic carbocycles. The number of hydrogen-bond donors (Lipinski definition) is 0. The molecule has 2 unspecified atom stereocenters. The zero-order valence-corrected chi connectivity index (χ0v) is 10.2. The van der Waals surface area contributed by atoms with Gasteiger partial charge >= 0.3 is 0 Å². The molecular weight excluding hydrogens is 172 g/mol. The molecule has 0 aliphatic carbocycles. The first-order valence-corrected chi connectivity index (χ1v) is 5.90. The fourth-order valence-corrected chi connectivity index (χ4v) is 3.33. The fourth-order valence-electron chi connectivity index (χ4n) is 3.33. The Hall–Kier alpha value is -0.0800. The number of rotatable bonds is 0. The van der Waals surface area contributed by atoms with Crippen LogP contribution >= 0.6 is 0 Å². The minimum Gasteiger partial charge on any atom is -0.298 e. The Morgan fingerprint density at radius 1 is 1.14 bits per heavy atom. The first-order chi connectivity index (χ1) is 6.41. The summed E-state index contributed by atoms with van der Waals surface area (Å²) in [6.07, 6.45) is 2.80. The summed E-state index contributed by atoms with van der Waals surface area (Å²) in [5.41, 5.74) is 0.335. The van der Waals surface area contributed by atoms with Gasteiger partial charge in [0.15, 0.2) is 0 Å². The SMILES string of the molecule is C[C@H]1C2CCC(CN1C(C)(C)C)N2C. The molecule has 2 fully saturated rings. The van der Waals surface area contributed by atoms with E-state index in [4.69, 9.17) is 0 Å². The van der Waals surface area contributed by atoms with Gasteiger partial charge in [-0.05, 0) is 47.6 Å². The van der Waals surface area contributed by atoms with Crippen molar-refractivity contribution in [3.05, 3.63) is 0 Å². The van der Waals surface area contributed by atoms with Gasteiger partial charge in [-0.2, -0.15) is 0 Å². The van der Waals surface area contributed by atoms with Crippen molar-refractivity contribution in [3.8, 4) is 0 Å². The lowest BCUT2D eigenvalue weighted by molar-refractivity contribution is -0.0148. The van der Waals surface area contributed by atoms with E-state index in [0.717, 1.165) is 18.1 Å². The smallest absolute Gasteiger partial charge is 0.0250 e. The van der Waals surface area contributed by atoms with Crippen LogP contribution in [-0.4, -0.2) is 47.1 Å². The van der Waals surface area contributed by atoms with Crippen molar-refractivity contribution >= 4 is 0 Å². The molecule has 0 spiro atoms. The van der Waals surface area contributed by atoms with Gasteiger partial charge in [-0.1, -0.05) is 0 Å². The standard InChI is InChI=1S/C12H24N2/c1-9-11-7-6-10(13(11)5)8-14(9)12(2,3)4/h9-11H,6-8H2,1-5H3/t9-,10?,11?/m0/s1. The van der Waals surface area contributed by atoms with Gasteiger partial charge in [0.05, 0.1) is 0 Å². The molecule has 0 N–H and O–H groups in total. The van der Waals surface area contributed by atoms with Gasteiger partial charge in [0, 0.05) is 30.2 Å². The summed E-state index contributed by atoms with van der Waals surface area (Å²) in [5, 5.41) is 0. The van der Waals surface area contributed by atoms with Gasteiger partial charge in [0.25, 0.3) is 0 Å². The molecule has 2 heterocycles. The van der Waals surface area contributed by atoms with Crippen LogP contribution in [0.4, 0.5) is 0 Å². The first kappa shape index (κ1) is 10.4. The van der Waals surface area contributed by atoms with Crippen LogP contribution in [0.25, 0.3) is 0 Å². The summed E-state index contributed by atoms with van der Waals surface area (Å²) in [5.74, 6) is 0. The van der Waals surface area contributed by atoms with Crippen molar-refractivity contribution in [2.45, 2.75) is 64.2 Å². The molecule has 2 aliphatic heterocycles. The van der Waals surface area contributed by atoms with Crippen LogP contribution in [0, 0.1) is 0 Å². The van der Waals surface area contributed by atoms with Crippen LogP contribution in [0.2, 0.25) is 0 Å². The molecule has 2 saturated heterocycles. The normalized spacial score (nSPS) is 40.5. The second-order valence-corrected chi connectivity index (χ2v) is 6.03. The van der Waals surface area contributed by atoms with Gasteiger partial charge < -0.3 is 0 Å². The van der Waals surface area contributed by atoms with Crippen molar-refractivity contribution in [1.29, 1.82) is 0 Å². The number of piperazine rings is 1. The van der Waals surface area contributed by atoms with Crippen molar-refractivity contribution in [1.82, 2.24) is 9.80 Å². The van der Waals surface area contributed by atoms with E-state index in [0.29, 0.717) is 5.54 Å². The molecule has 2 bridgehead atoms. The number of likely N-dealkylation sites (tertiary alicyclic amines) is 1. The Bertz CT molecular complexity index is 219. The largest absolute Gasteiger partial charge is 0.298 e. The van der Waals surface area contributed by atoms with Gasteiger partial charge in [-0.15, -0.1) is 0 Å². The van der Waals surface area contributed by atoms with E-state index in [1.54, 1.807) is 0 Å². The van der Waals surface area contributed by atoms with E-state index in [9.17, 15) is 0 Å². The monoisotopic (exact) mass is 196 g/mol. The van der Waals surface area contributed by atoms with E-state index in [-0.39, 0.29) is 0 Å². The van der Waals surface area contributed by atoms with E-state index in [1.807, 2.05) is 0 Å². The van der Waals surface area contributed by atoms with E-state index >= 15 is 0 Å². The Morgan fingerprint density at radius 2 is 1.79 bits per heavy atom. The summed E-state index contributed by atoms with van der Waals surface area (Å²) in [6, 6.07) is 2.34. The highest BCUT2D eigenvalue weighted by atomic mass is 15.4. The average molecular weight is 196 g/mol. The van der Waals surface area contributed by atoms with Crippen molar-refractivity contribution < 1.29 is 0 Å². The second-order valence-electron chi connectivity index (χ2n) is 6.03. The van der Waals surface area contributed by atoms with E-state index < -0.39 is 0 Å². The zero-order valence-electron chi connectivity index (χ0n) is 10.2. The Labute approximate surface area is 88.3 Å². The summed E-state index contributed by atoms with van der Waals surface area (Å²) >= 11 is 0. The summed E-state index contributed by atoms with van der Waals surface area (Å²) in [7, 11) is 2.30. The Kier molecular flexibility index (Phi) is 2.39. The molecule has 14 heavy (non-hydrogen) atoms. The number of likely N-dealkylation sites (N-methyl/N-ethyl adjacent to an activating group) is 1. The third-order valence-corrected chi connectivity index (χ3v) is 4.21. The zero-order chi connectivity index (χ0) is 10.5. The highest BCUT2D eigenvalue weighted by Gasteiger charge is 2.45. The van der Waals surface area contributed by atoms with Crippen LogP contribution in [0.15, 0.2) is 0 Å². The molecule has 3 atom stereocenters. The third-order valence-electron chi connectivity index (χ3n) is 4.21. The summed E-state index contributed by atoms with van der Waals surface area (Å²) in [6.45, 7) is 10.7. The molecule has 2 rings (SSSR count). The fraction of sp³-hybridized carbons (Fsp3) is 1.00. The number of nitrogens with zero attached hydrogens (tertiary/aromatic N) is 2. The average Bonchev–Trinajstić information content (AvgIpc) is 2.27. The van der Waals surface area contributed by atoms with Crippen LogP contribution in [0.1, 0.15) is 40.5 Å². The third kappa shape index (κ3) is 1.49. The van der Waals surface area contributed by atoms with Gasteiger partial charge in [0.1, 0.15) is 0 Å². The van der Waals surface area contributed by atoms with Crippen molar-refractivity contribution in [2.75, 3.05) is 13.6 Å². The molecule has 82 valence electrons. The molecule has 0 amide bonds. The molecular formula is C12H24N2. The van der Waals surface area contributed by atoms with Crippen LogP contribution < -0.4 is 0 Å². The highest BCUT2D eigenvalue weighted by Crippen LogP contribution is 2.35. The molecule has 0 aromatic rings. The maximum absolute atomic E-state index is 2.69. The van der Waals surface area contributed by atoms with Crippen LogP contribution in [-0.2, 0) is 0 Å². The van der Waals surface area contributed by atoms with Crippen LogP contribution in [0.3, 0.4) is 0 Å². The van der Waals surface area contributed by atoms with Crippen molar-refractivity contribution in [3.63, 3.8) is 0 Å². The molecule has 2 aliphatic rings. The first-order valence-electron chi connectivity index (χ1n) is 5.90. The minimum absolute atomic E-state index is 0.335. The number of hydrogen-bond acceptors (Lipinski definition) is 2. The molecule has 2 heteroatoms. The lowest BCUT2D eigenvalue weighted by Crippen LogP contribution is -2.62. The molecule has 2 nitrogen and oxygen atoms in total. The Balaban J connectivity index is 2.18. The number of fused-ring (bicyclic) bond motifs is 2. The highest BCUT2D eigenvalue weighted by molar-refractivity contribution is 5.01. The lowest BCUT2D eigenvalue weighted by Gasteiger charge is -2.50. The molecule has 0 saturated carbocycles.